The molecule has 1 aliphatic rings. The van der Waals surface area contributed by atoms with Crippen molar-refractivity contribution in [2.45, 2.75) is 32.2 Å². The van der Waals surface area contributed by atoms with Crippen LogP contribution in [0.4, 0.5) is 9.18 Å². The summed E-state index contributed by atoms with van der Waals surface area (Å²) in [5, 5.41) is 2.96. The number of carbonyl (C=O) groups excluding carboxylic acids is 1. The van der Waals surface area contributed by atoms with Gasteiger partial charge in [-0.15, -0.1) is 0 Å². The number of rotatable bonds is 7. The lowest BCUT2D eigenvalue weighted by Crippen LogP contribution is -2.43. The van der Waals surface area contributed by atoms with Crippen LogP contribution in [0, 0.1) is 11.7 Å². The molecule has 1 N–H and O–H groups in total. The van der Waals surface area contributed by atoms with Gasteiger partial charge in [0.2, 0.25) is 0 Å². The van der Waals surface area contributed by atoms with Crippen molar-refractivity contribution in [1.29, 1.82) is 0 Å². The zero-order chi connectivity index (χ0) is 17.6. The van der Waals surface area contributed by atoms with Crippen LogP contribution in [0.2, 0.25) is 0 Å². The highest BCUT2D eigenvalue weighted by Gasteiger charge is 2.29. The van der Waals surface area contributed by atoms with Gasteiger partial charge in [0.15, 0.2) is 0 Å². The molecule has 0 radical (unpaired) electrons. The lowest BCUT2D eigenvalue weighted by Gasteiger charge is -2.30. The summed E-state index contributed by atoms with van der Waals surface area (Å²) < 4.78 is 13.7. The third kappa shape index (κ3) is 4.81. The maximum Gasteiger partial charge on any atom is 0.317 e. The predicted octanol–water partition coefficient (Wildman–Crippen LogP) is 4.55. The van der Waals surface area contributed by atoms with Crippen LogP contribution in [0.15, 0.2) is 54.6 Å². The lowest BCUT2D eigenvalue weighted by molar-refractivity contribution is 0.176. The predicted molar refractivity (Wildman–Crippen MR) is 97.8 cm³/mol. The van der Waals surface area contributed by atoms with Crippen LogP contribution in [0.1, 0.15) is 36.9 Å². The zero-order valence-corrected chi connectivity index (χ0v) is 14.6. The first kappa shape index (κ1) is 17.5. The molecule has 0 bridgehead atoms. The van der Waals surface area contributed by atoms with E-state index in [4.69, 9.17) is 0 Å². The van der Waals surface area contributed by atoms with Crippen LogP contribution in [-0.4, -0.2) is 24.0 Å². The second kappa shape index (κ2) is 8.15. The van der Waals surface area contributed by atoms with Crippen molar-refractivity contribution < 1.29 is 9.18 Å². The largest absolute Gasteiger partial charge is 0.338 e. The van der Waals surface area contributed by atoms with Gasteiger partial charge in [0.1, 0.15) is 5.82 Å². The Balaban J connectivity index is 1.60. The average molecular weight is 340 g/mol. The highest BCUT2D eigenvalue weighted by molar-refractivity contribution is 5.74. The monoisotopic (exact) mass is 340 g/mol. The minimum atomic E-state index is -0.218. The van der Waals surface area contributed by atoms with Crippen LogP contribution in [0.3, 0.4) is 0 Å². The zero-order valence-electron chi connectivity index (χ0n) is 14.6. The summed E-state index contributed by atoms with van der Waals surface area (Å²) in [6.45, 7) is 3.28. The molecule has 1 saturated carbocycles. The highest BCUT2D eigenvalue weighted by Crippen LogP contribution is 2.32. The van der Waals surface area contributed by atoms with Gasteiger partial charge in [0.05, 0.1) is 6.04 Å². The normalized spacial score (nSPS) is 14.8. The third-order valence-corrected chi connectivity index (χ3v) is 4.79. The molecule has 25 heavy (non-hydrogen) atoms. The molecule has 2 amide bonds. The number of hydrogen-bond donors (Lipinski definition) is 1. The highest BCUT2D eigenvalue weighted by atomic mass is 19.1. The fourth-order valence-electron chi connectivity index (χ4n) is 3.01. The van der Waals surface area contributed by atoms with Crippen molar-refractivity contribution in [3.05, 3.63) is 71.5 Å². The van der Waals surface area contributed by atoms with Gasteiger partial charge in [-0.25, -0.2) is 9.18 Å². The Morgan fingerprint density at radius 3 is 2.52 bits per heavy atom. The van der Waals surface area contributed by atoms with E-state index >= 15 is 0 Å². The molecule has 2 aromatic carbocycles. The minimum absolute atomic E-state index is 0.0234. The van der Waals surface area contributed by atoms with Crippen molar-refractivity contribution >= 4 is 6.03 Å². The van der Waals surface area contributed by atoms with E-state index in [2.05, 4.69) is 24.4 Å². The van der Waals surface area contributed by atoms with E-state index in [0.29, 0.717) is 24.4 Å². The summed E-state index contributed by atoms with van der Waals surface area (Å²) in [4.78, 5) is 14.6. The molecule has 0 aliphatic heterocycles. The summed E-state index contributed by atoms with van der Waals surface area (Å²) >= 11 is 0. The van der Waals surface area contributed by atoms with Gasteiger partial charge in [-0.1, -0.05) is 48.5 Å². The molecule has 3 nitrogen and oxygen atoms in total. The van der Waals surface area contributed by atoms with Gasteiger partial charge in [0, 0.05) is 13.1 Å². The third-order valence-electron chi connectivity index (χ3n) is 4.79. The number of hydrogen-bond acceptors (Lipinski definition) is 1. The second-order valence-corrected chi connectivity index (χ2v) is 6.76. The van der Waals surface area contributed by atoms with E-state index in [1.807, 2.05) is 29.2 Å². The number of halogens is 1. The number of urea groups is 1. The molecule has 1 atom stereocenters. The first-order chi connectivity index (χ1) is 12.1. The molecule has 3 rings (SSSR count). The smallest absolute Gasteiger partial charge is 0.317 e. The number of amides is 2. The van der Waals surface area contributed by atoms with Crippen molar-refractivity contribution in [3.63, 3.8) is 0 Å². The fourth-order valence-corrected chi connectivity index (χ4v) is 3.01. The second-order valence-electron chi connectivity index (χ2n) is 6.76. The van der Waals surface area contributed by atoms with Gasteiger partial charge in [-0.3, -0.25) is 0 Å². The molecular weight excluding hydrogens is 315 g/mol. The Morgan fingerprint density at radius 1 is 1.16 bits per heavy atom. The summed E-state index contributed by atoms with van der Waals surface area (Å²) in [7, 11) is 0. The van der Waals surface area contributed by atoms with Crippen LogP contribution in [-0.2, 0) is 6.42 Å². The first-order valence-corrected chi connectivity index (χ1v) is 8.98. The van der Waals surface area contributed by atoms with Gasteiger partial charge >= 0.3 is 6.03 Å². The quantitative estimate of drug-likeness (QED) is 0.788. The van der Waals surface area contributed by atoms with Crippen LogP contribution < -0.4 is 5.32 Å². The Kier molecular flexibility index (Phi) is 5.69. The number of carbonyl (C=O) groups is 1. The standard InChI is InChI=1S/C21H25FN2O/c1-16(18-7-3-2-4-8-18)24(15-17-11-12-17)21(25)23-14-13-19-9-5-6-10-20(19)22/h2-10,16-17H,11-15H2,1H3,(H,23,25). The molecule has 1 aliphatic carbocycles. The lowest BCUT2D eigenvalue weighted by atomic mass is 10.1. The van der Waals surface area contributed by atoms with Gasteiger partial charge in [0.25, 0.3) is 0 Å². The molecule has 0 spiro atoms. The molecular formula is C21H25FN2O. The van der Waals surface area contributed by atoms with E-state index in [1.165, 1.54) is 18.9 Å². The molecule has 1 unspecified atom stereocenters. The molecule has 1 fully saturated rings. The Labute approximate surface area is 148 Å². The van der Waals surface area contributed by atoms with Crippen molar-refractivity contribution in [2.24, 2.45) is 5.92 Å². The molecule has 0 aromatic heterocycles. The Hall–Kier alpha value is -2.36. The number of nitrogens with zero attached hydrogens (tertiary/aromatic N) is 1. The van der Waals surface area contributed by atoms with Gasteiger partial charge < -0.3 is 10.2 Å². The van der Waals surface area contributed by atoms with Gasteiger partial charge in [-0.2, -0.15) is 0 Å². The summed E-state index contributed by atoms with van der Waals surface area (Å²) in [6, 6.07) is 16.7. The number of nitrogens with one attached hydrogen (secondary N) is 1. The van der Waals surface area contributed by atoms with Gasteiger partial charge in [-0.05, 0) is 49.3 Å². The van der Waals surface area contributed by atoms with E-state index in [9.17, 15) is 9.18 Å². The SMILES string of the molecule is CC(c1ccccc1)N(CC1CC1)C(=O)NCCc1ccccc1F. The van der Waals surface area contributed by atoms with E-state index in [0.717, 1.165) is 12.1 Å². The van der Waals surface area contributed by atoms with Crippen LogP contribution in [0.25, 0.3) is 0 Å². The van der Waals surface area contributed by atoms with E-state index < -0.39 is 0 Å². The minimum Gasteiger partial charge on any atom is -0.338 e. The topological polar surface area (TPSA) is 32.3 Å². The van der Waals surface area contributed by atoms with Crippen molar-refractivity contribution in [2.75, 3.05) is 13.1 Å². The molecule has 0 saturated heterocycles. The molecule has 2 aromatic rings. The molecule has 4 heteroatoms. The summed E-state index contributed by atoms with van der Waals surface area (Å²) in [5.74, 6) is 0.396. The van der Waals surface area contributed by atoms with E-state index in [1.54, 1.807) is 12.1 Å². The van der Waals surface area contributed by atoms with Crippen molar-refractivity contribution in [1.82, 2.24) is 10.2 Å². The average Bonchev–Trinajstić information content (AvgIpc) is 3.45. The van der Waals surface area contributed by atoms with Crippen molar-refractivity contribution in [3.8, 4) is 0 Å². The maximum atomic E-state index is 13.7. The Morgan fingerprint density at radius 2 is 1.84 bits per heavy atom. The van der Waals surface area contributed by atoms with Crippen LogP contribution >= 0.6 is 0 Å². The fraction of sp³-hybridized carbons (Fsp3) is 0.381. The first-order valence-electron chi connectivity index (χ1n) is 8.98. The van der Waals surface area contributed by atoms with Crippen LogP contribution in [0.5, 0.6) is 0 Å². The molecule has 132 valence electrons. The molecule has 0 heterocycles. The summed E-state index contributed by atoms with van der Waals surface area (Å²) in [5.41, 5.74) is 1.76. The Bertz CT molecular complexity index is 700. The summed E-state index contributed by atoms with van der Waals surface area (Å²) in [6.07, 6.45) is 2.89. The number of benzene rings is 2. The maximum absolute atomic E-state index is 13.7. The van der Waals surface area contributed by atoms with E-state index in [-0.39, 0.29) is 17.9 Å².